The number of rotatable bonds is 10. The van der Waals surface area contributed by atoms with Gasteiger partial charge < -0.3 is 34.5 Å². The Morgan fingerprint density at radius 3 is 1.30 bits per heavy atom. The van der Waals surface area contributed by atoms with Crippen molar-refractivity contribution in [2.24, 2.45) is 0 Å². The fourth-order valence-electron chi connectivity index (χ4n) is 5.37. The number of urea groups is 1. The van der Waals surface area contributed by atoms with Gasteiger partial charge in [-0.15, -0.1) is 0 Å². The summed E-state index contributed by atoms with van der Waals surface area (Å²) >= 11 is 11.7. The monoisotopic (exact) mass is 884 g/mol. The molecule has 0 fully saturated rings. The highest BCUT2D eigenvalue weighted by molar-refractivity contribution is 8.19. The molecule has 6 aromatic carbocycles. The summed E-state index contributed by atoms with van der Waals surface area (Å²) < 4.78 is 119. The fraction of sp³-hybridized carbons (Fsp3) is 0. The van der Waals surface area contributed by atoms with Crippen LogP contribution in [-0.4, -0.2) is 59.7 Å². The Morgan fingerprint density at radius 1 is 0.500 bits per heavy atom. The zero-order valence-corrected chi connectivity index (χ0v) is 32.4. The third-order valence-corrected chi connectivity index (χ3v) is 13.3. The average molecular weight is 886 g/mol. The van der Waals surface area contributed by atoms with Gasteiger partial charge >= 0.3 is 6.03 Å². The van der Waals surface area contributed by atoms with E-state index in [0.29, 0.717) is 0 Å². The van der Waals surface area contributed by atoms with Crippen molar-refractivity contribution in [2.45, 2.75) is 19.6 Å². The lowest BCUT2D eigenvalue weighted by Gasteiger charge is -2.21. The van der Waals surface area contributed by atoms with Crippen LogP contribution in [0.4, 0.5) is 27.5 Å². The predicted molar refractivity (Wildman–Crippen MR) is 212 cm³/mol. The molecule has 6 rings (SSSR count). The number of hydrogen-bond donors (Lipinski definition) is 10. The number of nitrogens with one attached hydrogen (secondary N) is 4. The molecule has 0 spiro atoms. The SMILES string of the molecule is O=C(Nc1ccc2c(O)cc(S(=O)(=O)Nc3ccc(Cl)c(S(O)(O)O)c3)cc2c1)Nc1ccc2c(O)cc(S(=O)(=O)Nc3ccc(Cl)c(S(=O)(=O)O)c3)cc2c1. The van der Waals surface area contributed by atoms with Crippen molar-refractivity contribution >= 4 is 115 Å². The quantitative estimate of drug-likeness (QED) is 0.0589. The minimum atomic E-state index is -4.78. The zero-order chi connectivity index (χ0) is 41.0. The number of amides is 2. The topological polar surface area (TPSA) is 289 Å². The summed E-state index contributed by atoms with van der Waals surface area (Å²) in [6, 6.07) is 18.3. The van der Waals surface area contributed by atoms with Crippen LogP contribution in [0.3, 0.4) is 0 Å². The molecular formula is C33H26Cl2N4O13S4. The Morgan fingerprint density at radius 2 is 0.893 bits per heavy atom. The Kier molecular flexibility index (Phi) is 10.7. The number of aromatic hydroxyl groups is 2. The molecule has 0 aliphatic heterocycles. The van der Waals surface area contributed by atoms with Crippen molar-refractivity contribution in [2.75, 3.05) is 20.1 Å². The van der Waals surface area contributed by atoms with E-state index in [1.807, 2.05) is 0 Å². The normalized spacial score (nSPS) is 12.7. The minimum absolute atomic E-state index is 0.151. The lowest BCUT2D eigenvalue weighted by molar-refractivity contribution is 0.262. The second kappa shape index (κ2) is 14.8. The number of halogens is 2. The van der Waals surface area contributed by atoms with Gasteiger partial charge in [-0.3, -0.25) is 14.0 Å². The van der Waals surface area contributed by atoms with Gasteiger partial charge in [0.05, 0.1) is 36.1 Å². The number of hydrogen-bond acceptors (Lipinski definition) is 12. The largest absolute Gasteiger partial charge is 0.507 e. The molecule has 294 valence electrons. The second-order valence-electron chi connectivity index (χ2n) is 11.8. The first-order valence-corrected chi connectivity index (χ1v) is 21.9. The fourth-order valence-corrected chi connectivity index (χ4v) is 9.63. The van der Waals surface area contributed by atoms with E-state index >= 15 is 0 Å². The van der Waals surface area contributed by atoms with Gasteiger partial charge in [-0.25, -0.2) is 21.6 Å². The van der Waals surface area contributed by atoms with Crippen molar-refractivity contribution in [3.63, 3.8) is 0 Å². The third kappa shape index (κ3) is 8.81. The van der Waals surface area contributed by atoms with Gasteiger partial charge in [-0.1, -0.05) is 23.2 Å². The van der Waals surface area contributed by atoms with Gasteiger partial charge in [0.15, 0.2) is 0 Å². The molecule has 0 aliphatic rings. The van der Waals surface area contributed by atoms with Gasteiger partial charge in [-0.05, 0) is 95.7 Å². The van der Waals surface area contributed by atoms with Crippen LogP contribution in [0.15, 0.2) is 117 Å². The summed E-state index contributed by atoms with van der Waals surface area (Å²) in [6.45, 7) is 0. The number of carbonyl (C=O) groups excluding carboxylic acids is 1. The van der Waals surface area contributed by atoms with E-state index < -0.39 is 78.1 Å². The van der Waals surface area contributed by atoms with Crippen LogP contribution >= 0.6 is 34.1 Å². The first-order chi connectivity index (χ1) is 26.0. The smallest absolute Gasteiger partial charge is 0.323 e. The van der Waals surface area contributed by atoms with Crippen LogP contribution in [0.2, 0.25) is 10.0 Å². The third-order valence-electron chi connectivity index (χ3n) is 7.88. The van der Waals surface area contributed by atoms with Crippen LogP contribution in [0.25, 0.3) is 21.5 Å². The van der Waals surface area contributed by atoms with E-state index in [2.05, 4.69) is 20.1 Å². The highest BCUT2D eigenvalue weighted by Gasteiger charge is 2.24. The van der Waals surface area contributed by atoms with E-state index in [1.54, 1.807) is 0 Å². The summed E-state index contributed by atoms with van der Waals surface area (Å²) in [6.07, 6.45) is 0. The van der Waals surface area contributed by atoms with E-state index in [0.717, 1.165) is 42.5 Å². The number of phenols is 2. The van der Waals surface area contributed by atoms with Crippen LogP contribution in [0.1, 0.15) is 0 Å². The van der Waals surface area contributed by atoms with Gasteiger partial charge in [0.25, 0.3) is 30.2 Å². The molecule has 0 aromatic heterocycles. The first-order valence-electron chi connectivity index (χ1n) is 15.2. The number of phenolic OH excluding ortho intramolecular Hbond substituents is 2. The lowest BCUT2D eigenvalue weighted by Crippen LogP contribution is -2.19. The van der Waals surface area contributed by atoms with Gasteiger partial charge in [0.2, 0.25) is 0 Å². The maximum atomic E-state index is 13.2. The Balaban J connectivity index is 1.21. The van der Waals surface area contributed by atoms with Crippen molar-refractivity contribution < 1.29 is 58.5 Å². The molecular weight excluding hydrogens is 860 g/mol. The highest BCUT2D eigenvalue weighted by atomic mass is 35.5. The van der Waals surface area contributed by atoms with E-state index in [4.69, 9.17) is 23.2 Å². The van der Waals surface area contributed by atoms with Crippen molar-refractivity contribution in [1.29, 1.82) is 0 Å². The van der Waals surface area contributed by atoms with Gasteiger partial charge in [-0.2, -0.15) is 8.42 Å². The number of fused-ring (bicyclic) bond motifs is 2. The molecule has 0 unspecified atom stereocenters. The molecule has 0 heterocycles. The summed E-state index contributed by atoms with van der Waals surface area (Å²) in [5, 5.41) is 26.6. The lowest BCUT2D eigenvalue weighted by atomic mass is 10.1. The van der Waals surface area contributed by atoms with Crippen molar-refractivity contribution in [3.8, 4) is 11.5 Å². The van der Waals surface area contributed by atoms with E-state index in [9.17, 15) is 58.5 Å². The van der Waals surface area contributed by atoms with Crippen LogP contribution < -0.4 is 20.1 Å². The summed E-state index contributed by atoms with van der Waals surface area (Å²) in [5.41, 5.74) is -0.132. The molecule has 6 aromatic rings. The number of carbonyl (C=O) groups is 1. The Labute approximate surface area is 329 Å². The van der Waals surface area contributed by atoms with Crippen molar-refractivity contribution in [1.82, 2.24) is 0 Å². The molecule has 0 atom stereocenters. The van der Waals surface area contributed by atoms with E-state index in [-0.39, 0.29) is 54.3 Å². The van der Waals surface area contributed by atoms with Crippen LogP contribution in [-0.2, 0) is 30.2 Å². The number of benzene rings is 6. The molecule has 0 saturated heterocycles. The molecule has 17 nitrogen and oxygen atoms in total. The zero-order valence-electron chi connectivity index (χ0n) is 27.7. The Hall–Kier alpha value is -5.07. The molecule has 0 radical (unpaired) electrons. The minimum Gasteiger partial charge on any atom is -0.507 e. The number of anilines is 4. The molecule has 0 saturated carbocycles. The average Bonchev–Trinajstić information content (AvgIpc) is 3.08. The summed E-state index contributed by atoms with van der Waals surface area (Å²) in [7, 11) is -17.9. The highest BCUT2D eigenvalue weighted by Crippen LogP contribution is 2.48. The van der Waals surface area contributed by atoms with Crippen LogP contribution in [0, 0.1) is 0 Å². The summed E-state index contributed by atoms with van der Waals surface area (Å²) in [5.74, 6) is -0.863. The standard InChI is InChI=1S/C33H26Cl2N4O13S4/c34-27-7-3-21(13-31(27)55(47,48)49)38-53(43,44)23-11-17-9-19(1-5-25(17)29(40)15-23)36-33(42)37-20-2-6-26-18(10-20)12-24(16-30(26)41)54(45,46)39-22-4-8-28(35)32(14-22)56(50,51)52/h1-16,38-41,47-49H,(H2,36,37,42)(H,50,51,52). The molecule has 10 N–H and O–H groups in total. The van der Waals surface area contributed by atoms with Crippen LogP contribution in [0.5, 0.6) is 11.5 Å². The second-order valence-corrected chi connectivity index (χ2v) is 18.9. The van der Waals surface area contributed by atoms with Gasteiger partial charge in [0.1, 0.15) is 27.3 Å². The molecule has 2 amide bonds. The predicted octanol–water partition coefficient (Wildman–Crippen LogP) is 7.79. The molecule has 0 aliphatic carbocycles. The maximum absolute atomic E-state index is 13.2. The van der Waals surface area contributed by atoms with E-state index in [1.165, 1.54) is 54.6 Å². The molecule has 23 heteroatoms. The number of sulfonamides is 2. The Bertz CT molecular complexity index is 2950. The molecule has 56 heavy (non-hydrogen) atoms. The maximum Gasteiger partial charge on any atom is 0.323 e. The van der Waals surface area contributed by atoms with Gasteiger partial charge in [0, 0.05) is 34.3 Å². The first kappa shape index (κ1) is 40.6. The van der Waals surface area contributed by atoms with Crippen molar-refractivity contribution in [3.05, 3.63) is 107 Å². The molecule has 0 bridgehead atoms. The summed E-state index contributed by atoms with van der Waals surface area (Å²) in [4.78, 5) is 10.9.